The summed E-state index contributed by atoms with van der Waals surface area (Å²) in [6.45, 7) is 4.16. The van der Waals surface area contributed by atoms with Gasteiger partial charge in [0.15, 0.2) is 0 Å². The van der Waals surface area contributed by atoms with Crippen molar-refractivity contribution >= 4 is 34.0 Å². The van der Waals surface area contributed by atoms with Gasteiger partial charge < -0.3 is 10.1 Å². The largest absolute Gasteiger partial charge is 0.488 e. The molecule has 0 aliphatic rings. The number of hydrazone groups is 1. The van der Waals surface area contributed by atoms with E-state index in [1.165, 1.54) is 6.21 Å². The predicted octanol–water partition coefficient (Wildman–Crippen LogP) is 3.39. The van der Waals surface area contributed by atoms with Gasteiger partial charge in [-0.25, -0.2) is 5.43 Å². The van der Waals surface area contributed by atoms with E-state index in [1.54, 1.807) is 0 Å². The van der Waals surface area contributed by atoms with E-state index in [9.17, 15) is 9.59 Å². The molecule has 1 atom stereocenters. The molecule has 7 heteroatoms. The number of carbonyl (C=O) groups excluding carboxylic acids is 2. The average molecular weight is 432 g/mol. The quantitative estimate of drug-likeness (QED) is 0.400. The van der Waals surface area contributed by atoms with E-state index in [2.05, 4.69) is 31.8 Å². The van der Waals surface area contributed by atoms with Gasteiger partial charge in [0.05, 0.1) is 6.21 Å². The van der Waals surface area contributed by atoms with Crippen LogP contribution in [0.25, 0.3) is 0 Å². The van der Waals surface area contributed by atoms with Crippen LogP contribution < -0.4 is 15.5 Å². The van der Waals surface area contributed by atoms with Crippen molar-refractivity contribution in [1.82, 2.24) is 10.7 Å². The number of ether oxygens (including phenoxy) is 1. The zero-order valence-electron chi connectivity index (χ0n) is 15.2. The fourth-order valence-electron chi connectivity index (χ4n) is 2.09. The minimum atomic E-state index is -0.812. The van der Waals surface area contributed by atoms with Gasteiger partial charge in [-0.15, -0.1) is 0 Å². The first-order chi connectivity index (χ1) is 13.0. The standard InChI is InChI=1S/C20H22BrN3O3/c1-3-14(2)23-19(25)20(26)24-22-12-16-11-17(21)9-10-18(16)27-13-15-7-5-4-6-8-15/h4-12,14H,3,13H2,1-2H3,(H,23,25)(H,24,26)/b22-12-/t14-/m1/s1. The third-order valence-electron chi connectivity index (χ3n) is 3.77. The molecule has 2 amide bonds. The minimum Gasteiger partial charge on any atom is -0.488 e. The van der Waals surface area contributed by atoms with E-state index >= 15 is 0 Å². The summed E-state index contributed by atoms with van der Waals surface area (Å²) < 4.78 is 6.69. The first kappa shape index (κ1) is 20.6. The van der Waals surface area contributed by atoms with Crippen LogP contribution in [0.1, 0.15) is 31.4 Å². The maximum atomic E-state index is 11.8. The Morgan fingerprint density at radius 1 is 1.19 bits per heavy atom. The lowest BCUT2D eigenvalue weighted by Gasteiger charge is -2.10. The van der Waals surface area contributed by atoms with E-state index in [0.29, 0.717) is 17.9 Å². The lowest BCUT2D eigenvalue weighted by molar-refractivity contribution is -0.139. The molecule has 0 aliphatic carbocycles. The van der Waals surface area contributed by atoms with Gasteiger partial charge in [0.2, 0.25) is 0 Å². The van der Waals surface area contributed by atoms with Crippen LogP contribution in [0.5, 0.6) is 5.75 Å². The lowest BCUT2D eigenvalue weighted by Crippen LogP contribution is -2.41. The Hall–Kier alpha value is -2.67. The first-order valence-electron chi connectivity index (χ1n) is 8.59. The van der Waals surface area contributed by atoms with Crippen molar-refractivity contribution in [2.45, 2.75) is 32.9 Å². The molecule has 2 aromatic carbocycles. The van der Waals surface area contributed by atoms with Crippen LogP contribution in [0.4, 0.5) is 0 Å². The summed E-state index contributed by atoms with van der Waals surface area (Å²) in [5, 5.41) is 6.45. The SMILES string of the molecule is CC[C@@H](C)NC(=O)C(=O)N/N=C\c1cc(Br)ccc1OCc1ccccc1. The van der Waals surface area contributed by atoms with Crippen molar-refractivity contribution in [2.75, 3.05) is 0 Å². The number of halogens is 1. The van der Waals surface area contributed by atoms with Gasteiger partial charge in [-0.05, 0) is 37.1 Å². The average Bonchev–Trinajstić information content (AvgIpc) is 2.67. The highest BCUT2D eigenvalue weighted by atomic mass is 79.9. The molecule has 2 N–H and O–H groups in total. The van der Waals surface area contributed by atoms with Crippen molar-refractivity contribution in [3.8, 4) is 5.75 Å². The van der Waals surface area contributed by atoms with Crippen LogP contribution in [-0.2, 0) is 16.2 Å². The van der Waals surface area contributed by atoms with Crippen LogP contribution in [0.2, 0.25) is 0 Å². The van der Waals surface area contributed by atoms with Crippen LogP contribution in [0.15, 0.2) is 58.1 Å². The maximum Gasteiger partial charge on any atom is 0.329 e. The molecule has 0 radical (unpaired) electrons. The van der Waals surface area contributed by atoms with Crippen molar-refractivity contribution < 1.29 is 14.3 Å². The summed E-state index contributed by atoms with van der Waals surface area (Å²) in [7, 11) is 0. The number of nitrogens with zero attached hydrogens (tertiary/aromatic N) is 1. The Kier molecular flexibility index (Phi) is 8.00. The number of benzene rings is 2. The molecule has 0 fully saturated rings. The fourth-order valence-corrected chi connectivity index (χ4v) is 2.47. The Bertz CT molecular complexity index is 809. The summed E-state index contributed by atoms with van der Waals surface area (Å²) in [5.41, 5.74) is 3.94. The van der Waals surface area contributed by atoms with Gasteiger partial charge in [-0.3, -0.25) is 9.59 Å². The minimum absolute atomic E-state index is 0.0738. The molecule has 27 heavy (non-hydrogen) atoms. The molecule has 0 spiro atoms. The summed E-state index contributed by atoms with van der Waals surface area (Å²) in [6, 6.07) is 15.2. The van der Waals surface area contributed by atoms with E-state index in [-0.39, 0.29) is 6.04 Å². The summed E-state index contributed by atoms with van der Waals surface area (Å²) in [6.07, 6.45) is 2.18. The Morgan fingerprint density at radius 2 is 1.93 bits per heavy atom. The van der Waals surface area contributed by atoms with Crippen LogP contribution in [-0.4, -0.2) is 24.1 Å². The molecule has 0 saturated carbocycles. The first-order valence-corrected chi connectivity index (χ1v) is 9.39. The molecule has 2 rings (SSSR count). The molecule has 0 heterocycles. The highest BCUT2D eigenvalue weighted by Crippen LogP contribution is 2.22. The molecule has 0 bridgehead atoms. The van der Waals surface area contributed by atoms with Gasteiger partial charge in [0.25, 0.3) is 0 Å². The van der Waals surface area contributed by atoms with E-state index in [4.69, 9.17) is 4.74 Å². The molecule has 6 nitrogen and oxygen atoms in total. The second kappa shape index (κ2) is 10.5. The molecule has 0 saturated heterocycles. The van der Waals surface area contributed by atoms with Crippen molar-refractivity contribution in [3.05, 3.63) is 64.1 Å². The molecule has 2 aromatic rings. The molecular formula is C20H22BrN3O3. The van der Waals surface area contributed by atoms with Crippen molar-refractivity contribution in [1.29, 1.82) is 0 Å². The molecule has 0 unspecified atom stereocenters. The number of nitrogens with one attached hydrogen (secondary N) is 2. The second-order valence-electron chi connectivity index (χ2n) is 5.94. The van der Waals surface area contributed by atoms with E-state index < -0.39 is 11.8 Å². The number of hydrogen-bond donors (Lipinski definition) is 2. The predicted molar refractivity (Wildman–Crippen MR) is 109 cm³/mol. The van der Waals surface area contributed by atoms with Crippen LogP contribution in [0.3, 0.4) is 0 Å². The molecule has 0 aromatic heterocycles. The van der Waals surface area contributed by atoms with Crippen LogP contribution in [0, 0.1) is 0 Å². The molecule has 142 valence electrons. The number of carbonyl (C=O) groups is 2. The topological polar surface area (TPSA) is 79.8 Å². The van der Waals surface area contributed by atoms with E-state index in [1.807, 2.05) is 62.4 Å². The molecule has 0 aliphatic heterocycles. The van der Waals surface area contributed by atoms with Crippen LogP contribution >= 0.6 is 15.9 Å². The van der Waals surface area contributed by atoms with Gasteiger partial charge in [-0.1, -0.05) is 53.2 Å². The lowest BCUT2D eigenvalue weighted by atomic mass is 10.2. The zero-order chi connectivity index (χ0) is 19.6. The summed E-state index contributed by atoms with van der Waals surface area (Å²) in [5.74, 6) is -0.909. The monoisotopic (exact) mass is 431 g/mol. The normalized spacial score (nSPS) is 11.8. The Morgan fingerprint density at radius 3 is 2.63 bits per heavy atom. The van der Waals surface area contributed by atoms with Crippen molar-refractivity contribution in [2.24, 2.45) is 5.10 Å². The second-order valence-corrected chi connectivity index (χ2v) is 6.85. The third-order valence-corrected chi connectivity index (χ3v) is 4.27. The van der Waals surface area contributed by atoms with Gasteiger partial charge >= 0.3 is 11.8 Å². The maximum absolute atomic E-state index is 11.8. The highest BCUT2D eigenvalue weighted by molar-refractivity contribution is 9.10. The Labute approximate surface area is 167 Å². The van der Waals surface area contributed by atoms with Gasteiger partial charge in [-0.2, -0.15) is 5.10 Å². The summed E-state index contributed by atoms with van der Waals surface area (Å²) in [4.78, 5) is 23.5. The zero-order valence-corrected chi connectivity index (χ0v) is 16.8. The number of hydrogen-bond acceptors (Lipinski definition) is 4. The third kappa shape index (κ3) is 6.86. The van der Waals surface area contributed by atoms with Gasteiger partial charge in [0, 0.05) is 16.1 Å². The fraction of sp³-hybridized carbons (Fsp3) is 0.250. The highest BCUT2D eigenvalue weighted by Gasteiger charge is 2.14. The number of rotatable bonds is 7. The van der Waals surface area contributed by atoms with Gasteiger partial charge in [0.1, 0.15) is 12.4 Å². The van der Waals surface area contributed by atoms with Crippen molar-refractivity contribution in [3.63, 3.8) is 0 Å². The molecular weight excluding hydrogens is 410 g/mol. The smallest absolute Gasteiger partial charge is 0.329 e. The summed E-state index contributed by atoms with van der Waals surface area (Å²) >= 11 is 3.40. The van der Waals surface area contributed by atoms with E-state index in [0.717, 1.165) is 16.5 Å². The number of amides is 2. The Balaban J connectivity index is 2.00.